The number of imidazole rings is 1. The molecule has 0 spiro atoms. The average Bonchev–Trinajstić information content (AvgIpc) is 3.53. The molecule has 0 atom stereocenters. The molecule has 0 bridgehead atoms. The SMILES string of the molecule is [2H]C(C)(C)c1cc(-c2cccc([N+]#[C-])n2)[c-]c(-c2cccc3c2nc(-c2cc(C(C)(C)C)cc(C(C)(C)C)c2O)n3-c2ccccc2-c2ccccc2)c1.[Pt]. The summed E-state index contributed by atoms with van der Waals surface area (Å²) in [6, 6.07) is 42.0. The first-order valence-corrected chi connectivity index (χ1v) is 18.0. The number of phenolic OH excluding ortho intramolecular Hbond substituents is 1. The first kappa shape index (κ1) is 37.0. The van der Waals surface area contributed by atoms with E-state index in [9.17, 15) is 5.11 Å². The van der Waals surface area contributed by atoms with E-state index < -0.39 is 5.89 Å². The molecular formula is C48H45N4OPt-. The second-order valence-corrected chi connectivity index (χ2v) is 15.9. The van der Waals surface area contributed by atoms with Crippen molar-refractivity contribution in [3.63, 3.8) is 0 Å². The van der Waals surface area contributed by atoms with E-state index in [1.54, 1.807) is 6.07 Å². The fourth-order valence-corrected chi connectivity index (χ4v) is 6.86. The third kappa shape index (κ3) is 7.29. The van der Waals surface area contributed by atoms with Gasteiger partial charge in [0.05, 0.1) is 28.0 Å². The maximum Gasteiger partial charge on any atom is 0.262 e. The summed E-state index contributed by atoms with van der Waals surface area (Å²) >= 11 is 0. The molecule has 5 aromatic carbocycles. The molecule has 0 saturated heterocycles. The van der Waals surface area contributed by atoms with E-state index in [2.05, 4.69) is 104 Å². The zero-order valence-electron chi connectivity index (χ0n) is 33.0. The van der Waals surface area contributed by atoms with E-state index in [-0.39, 0.29) is 37.6 Å². The van der Waals surface area contributed by atoms with E-state index in [0.29, 0.717) is 28.5 Å². The van der Waals surface area contributed by atoms with E-state index in [1.807, 2.05) is 80.6 Å². The monoisotopic (exact) mass is 889 g/mol. The van der Waals surface area contributed by atoms with Crippen LogP contribution in [0.4, 0.5) is 5.82 Å². The van der Waals surface area contributed by atoms with Gasteiger partial charge in [-0.3, -0.25) is 4.57 Å². The molecule has 274 valence electrons. The van der Waals surface area contributed by atoms with Crippen molar-refractivity contribution in [2.45, 2.75) is 72.1 Å². The van der Waals surface area contributed by atoms with Crippen LogP contribution >= 0.6 is 0 Å². The predicted octanol–water partition coefficient (Wildman–Crippen LogP) is 12.9. The molecule has 0 aliphatic heterocycles. The Labute approximate surface area is 335 Å². The molecule has 7 aromatic rings. The number of benzene rings is 5. The van der Waals surface area contributed by atoms with Gasteiger partial charge in [-0.2, -0.15) is 4.98 Å². The molecule has 6 heteroatoms. The molecule has 0 aliphatic carbocycles. The third-order valence-corrected chi connectivity index (χ3v) is 9.80. The van der Waals surface area contributed by atoms with Crippen LogP contribution in [0.25, 0.3) is 66.5 Å². The summed E-state index contributed by atoms with van der Waals surface area (Å²) in [4.78, 5) is 13.6. The summed E-state index contributed by atoms with van der Waals surface area (Å²) in [5.41, 5.74) is 10.4. The van der Waals surface area contributed by atoms with Gasteiger partial charge in [0.15, 0.2) is 0 Å². The molecule has 0 radical (unpaired) electrons. The molecule has 0 saturated carbocycles. The number of aromatic nitrogens is 3. The minimum Gasteiger partial charge on any atom is -0.507 e. The first-order chi connectivity index (χ1) is 25.5. The normalized spacial score (nSPS) is 12.2. The summed E-state index contributed by atoms with van der Waals surface area (Å²) in [7, 11) is 0. The van der Waals surface area contributed by atoms with Crippen LogP contribution in [0.2, 0.25) is 0 Å². The number of aromatic hydroxyl groups is 1. The van der Waals surface area contributed by atoms with Gasteiger partial charge in [-0.05, 0) is 58.2 Å². The number of fused-ring (bicyclic) bond motifs is 1. The van der Waals surface area contributed by atoms with Gasteiger partial charge < -0.3 is 9.95 Å². The second-order valence-electron chi connectivity index (χ2n) is 15.9. The quantitative estimate of drug-likeness (QED) is 0.169. The topological polar surface area (TPSA) is 55.3 Å². The number of phenols is 1. The molecule has 54 heavy (non-hydrogen) atoms. The zero-order valence-corrected chi connectivity index (χ0v) is 34.3. The Morgan fingerprint density at radius 1 is 0.741 bits per heavy atom. The Morgan fingerprint density at radius 2 is 1.41 bits per heavy atom. The van der Waals surface area contributed by atoms with Crippen LogP contribution in [0, 0.1) is 12.6 Å². The van der Waals surface area contributed by atoms with Gasteiger partial charge in [0, 0.05) is 33.6 Å². The maximum absolute atomic E-state index is 12.3. The van der Waals surface area contributed by atoms with Gasteiger partial charge in [0.2, 0.25) is 0 Å². The van der Waals surface area contributed by atoms with E-state index in [0.717, 1.165) is 55.7 Å². The average molecular weight is 890 g/mol. The fourth-order valence-electron chi connectivity index (χ4n) is 6.86. The number of hydrogen-bond acceptors (Lipinski definition) is 3. The van der Waals surface area contributed by atoms with Crippen LogP contribution in [-0.4, -0.2) is 19.6 Å². The van der Waals surface area contributed by atoms with Crippen molar-refractivity contribution in [3.8, 4) is 56.3 Å². The van der Waals surface area contributed by atoms with Crippen molar-refractivity contribution in [3.05, 3.63) is 149 Å². The smallest absolute Gasteiger partial charge is 0.262 e. The Hall–Kier alpha value is -5.30. The van der Waals surface area contributed by atoms with Crippen molar-refractivity contribution in [2.75, 3.05) is 0 Å². The summed E-state index contributed by atoms with van der Waals surface area (Å²) < 4.78 is 11.2. The number of para-hydroxylation sites is 2. The van der Waals surface area contributed by atoms with Crippen molar-refractivity contribution in [1.82, 2.24) is 14.5 Å². The summed E-state index contributed by atoms with van der Waals surface area (Å²) in [6.45, 7) is 24.2. The molecular weight excluding hydrogens is 844 g/mol. The minimum absolute atomic E-state index is 0. The maximum atomic E-state index is 12.3. The van der Waals surface area contributed by atoms with Crippen molar-refractivity contribution < 1.29 is 27.5 Å². The van der Waals surface area contributed by atoms with Crippen LogP contribution in [0.15, 0.2) is 115 Å². The Balaban J connectivity index is 0.00000514. The van der Waals surface area contributed by atoms with Gasteiger partial charge in [-0.1, -0.05) is 146 Å². The minimum atomic E-state index is -0.925. The van der Waals surface area contributed by atoms with E-state index >= 15 is 0 Å². The van der Waals surface area contributed by atoms with Crippen LogP contribution in [0.3, 0.4) is 0 Å². The molecule has 5 nitrogen and oxygen atoms in total. The molecule has 1 N–H and O–H groups in total. The number of pyridine rings is 1. The number of rotatable bonds is 6. The molecule has 0 fully saturated rings. The first-order valence-electron chi connectivity index (χ1n) is 18.5. The van der Waals surface area contributed by atoms with Crippen LogP contribution in [0.5, 0.6) is 5.75 Å². The standard InChI is InChI=1S/C48H45N4O.Pt/c1-30(2)32-25-33(27-34(26-32)40-21-16-24-43(49-9)50-40)37-20-15-23-42-44(37)51-46(38-28-35(47(3,4)5)29-39(45(38)53)48(6,7)8)52(42)41-22-14-13-19-36(41)31-17-11-10-12-18-31;/h10-26,28-30,53H,1-8H3;/q-1;/i30D;. The largest absolute Gasteiger partial charge is 0.507 e. The van der Waals surface area contributed by atoms with Gasteiger partial charge in [-0.15, -0.1) is 29.3 Å². The van der Waals surface area contributed by atoms with Gasteiger partial charge in [0.1, 0.15) is 11.6 Å². The van der Waals surface area contributed by atoms with Crippen molar-refractivity contribution in [2.24, 2.45) is 0 Å². The predicted molar refractivity (Wildman–Crippen MR) is 219 cm³/mol. The van der Waals surface area contributed by atoms with E-state index in [4.69, 9.17) is 12.9 Å². The summed E-state index contributed by atoms with van der Waals surface area (Å²) in [6.07, 6.45) is 0. The Bertz CT molecular complexity index is 2580. The molecule has 0 unspecified atom stereocenters. The number of nitrogens with zero attached hydrogens (tertiary/aromatic N) is 4. The van der Waals surface area contributed by atoms with Gasteiger partial charge >= 0.3 is 0 Å². The molecule has 7 rings (SSSR count). The van der Waals surface area contributed by atoms with Crippen molar-refractivity contribution in [1.29, 1.82) is 0 Å². The van der Waals surface area contributed by atoms with Gasteiger partial charge in [-0.25, -0.2) is 4.98 Å². The zero-order chi connectivity index (χ0) is 38.6. The van der Waals surface area contributed by atoms with Crippen LogP contribution in [-0.2, 0) is 31.9 Å². The van der Waals surface area contributed by atoms with Crippen molar-refractivity contribution >= 4 is 16.9 Å². The molecule has 2 heterocycles. The number of hydrogen-bond donors (Lipinski definition) is 1. The van der Waals surface area contributed by atoms with E-state index in [1.165, 1.54) is 0 Å². The van der Waals surface area contributed by atoms with Crippen LogP contribution in [0.1, 0.15) is 79.3 Å². The molecule has 0 aliphatic rings. The Morgan fingerprint density at radius 3 is 2.09 bits per heavy atom. The Kier molecular flexibility index (Phi) is 10.2. The van der Waals surface area contributed by atoms with Crippen LogP contribution < -0.4 is 0 Å². The fraction of sp³-hybridized carbons (Fsp3) is 0.229. The molecule has 2 aromatic heterocycles. The summed E-state index contributed by atoms with van der Waals surface area (Å²) in [5, 5.41) is 12.3. The second kappa shape index (κ2) is 14.8. The molecule has 0 amide bonds. The third-order valence-electron chi connectivity index (χ3n) is 9.80. The van der Waals surface area contributed by atoms with Gasteiger partial charge in [0.25, 0.3) is 5.82 Å². The summed E-state index contributed by atoms with van der Waals surface area (Å²) in [5.74, 6) is 0.209.